The molecule has 0 amide bonds. The van der Waals surface area contributed by atoms with Crippen molar-refractivity contribution in [1.29, 1.82) is 0 Å². The van der Waals surface area contributed by atoms with Crippen LogP contribution in [-0.4, -0.2) is 0 Å². The van der Waals surface area contributed by atoms with E-state index in [-0.39, 0.29) is 11.4 Å². The maximum Gasteiger partial charge on any atom is 0.130 e. The van der Waals surface area contributed by atoms with E-state index in [1.807, 2.05) is 6.92 Å². The van der Waals surface area contributed by atoms with Gasteiger partial charge in [0.05, 0.1) is 6.04 Å². The molecule has 0 aliphatic rings. The van der Waals surface area contributed by atoms with Crippen molar-refractivity contribution in [3.63, 3.8) is 0 Å². The van der Waals surface area contributed by atoms with Gasteiger partial charge >= 0.3 is 0 Å². The summed E-state index contributed by atoms with van der Waals surface area (Å²) in [4.78, 5) is 0. The Balaban J connectivity index is 2.36. The summed E-state index contributed by atoms with van der Waals surface area (Å²) in [6, 6.07) is 6.12. The number of hydrogen-bond acceptors (Lipinski definition) is 2. The minimum Gasteiger partial charge on any atom is -0.271 e. The molecule has 2 aromatic carbocycles. The topological polar surface area (TPSA) is 38.0 Å². The molecule has 2 nitrogen and oxygen atoms in total. The van der Waals surface area contributed by atoms with Gasteiger partial charge in [-0.2, -0.15) is 0 Å². The van der Waals surface area contributed by atoms with Crippen LogP contribution in [0.5, 0.6) is 0 Å². The Hall–Kier alpha value is -1.85. The first-order chi connectivity index (χ1) is 9.92. The highest BCUT2D eigenvalue weighted by atomic mass is 19.1. The van der Waals surface area contributed by atoms with Gasteiger partial charge in [0.1, 0.15) is 17.5 Å². The Bertz CT molecular complexity index is 656. The number of halogens is 3. The predicted octanol–water partition coefficient (Wildman–Crippen LogP) is 3.47. The van der Waals surface area contributed by atoms with Gasteiger partial charge in [-0.15, -0.1) is 0 Å². The Morgan fingerprint density at radius 2 is 1.71 bits per heavy atom. The van der Waals surface area contributed by atoms with Crippen molar-refractivity contribution in [3.05, 3.63) is 70.0 Å². The van der Waals surface area contributed by atoms with Crippen LogP contribution in [0.15, 0.2) is 30.3 Å². The van der Waals surface area contributed by atoms with Gasteiger partial charge in [-0.1, -0.05) is 6.07 Å². The van der Waals surface area contributed by atoms with E-state index in [9.17, 15) is 13.2 Å². The van der Waals surface area contributed by atoms with Crippen LogP contribution in [0.2, 0.25) is 0 Å². The zero-order valence-electron chi connectivity index (χ0n) is 11.9. The van der Waals surface area contributed by atoms with E-state index in [0.29, 0.717) is 12.0 Å². The van der Waals surface area contributed by atoms with E-state index in [0.717, 1.165) is 17.2 Å². The fraction of sp³-hybridized carbons (Fsp3) is 0.250. The van der Waals surface area contributed by atoms with Gasteiger partial charge in [-0.3, -0.25) is 11.3 Å². The molecule has 0 aromatic heterocycles. The molecule has 0 aliphatic carbocycles. The van der Waals surface area contributed by atoms with Crippen molar-refractivity contribution >= 4 is 0 Å². The molecule has 0 fully saturated rings. The summed E-state index contributed by atoms with van der Waals surface area (Å²) in [7, 11) is 0. The summed E-state index contributed by atoms with van der Waals surface area (Å²) in [6.07, 6.45) is 0.308. The minimum absolute atomic E-state index is 0.264. The molecule has 0 aliphatic heterocycles. The van der Waals surface area contributed by atoms with Crippen molar-refractivity contribution in [2.24, 2.45) is 5.84 Å². The molecule has 21 heavy (non-hydrogen) atoms. The maximum absolute atomic E-state index is 13.9. The zero-order valence-corrected chi connectivity index (χ0v) is 11.9. The lowest BCUT2D eigenvalue weighted by Crippen LogP contribution is -2.30. The lowest BCUT2D eigenvalue weighted by atomic mass is 9.95. The molecule has 0 saturated heterocycles. The molecule has 5 heteroatoms. The van der Waals surface area contributed by atoms with Crippen molar-refractivity contribution in [2.45, 2.75) is 26.3 Å². The summed E-state index contributed by atoms with van der Waals surface area (Å²) < 4.78 is 40.6. The highest BCUT2D eigenvalue weighted by molar-refractivity contribution is 5.32. The van der Waals surface area contributed by atoms with E-state index < -0.39 is 17.7 Å². The summed E-state index contributed by atoms with van der Waals surface area (Å²) in [5.41, 5.74) is 4.72. The van der Waals surface area contributed by atoms with Crippen LogP contribution in [0.4, 0.5) is 13.2 Å². The second-order valence-electron chi connectivity index (χ2n) is 5.12. The Morgan fingerprint density at radius 1 is 1.00 bits per heavy atom. The molecule has 3 N–H and O–H groups in total. The third kappa shape index (κ3) is 3.43. The van der Waals surface area contributed by atoms with Crippen LogP contribution in [0, 0.1) is 31.3 Å². The van der Waals surface area contributed by atoms with Crippen LogP contribution in [0.3, 0.4) is 0 Å². The summed E-state index contributed by atoms with van der Waals surface area (Å²) >= 11 is 0. The number of benzene rings is 2. The van der Waals surface area contributed by atoms with E-state index in [2.05, 4.69) is 5.43 Å². The molecule has 112 valence electrons. The summed E-state index contributed by atoms with van der Waals surface area (Å²) in [5, 5.41) is 0. The fourth-order valence-corrected chi connectivity index (χ4v) is 2.29. The van der Waals surface area contributed by atoms with Crippen LogP contribution in [0.1, 0.15) is 28.3 Å². The highest BCUT2D eigenvalue weighted by Gasteiger charge is 2.18. The molecule has 0 heterocycles. The van der Waals surface area contributed by atoms with E-state index >= 15 is 0 Å². The van der Waals surface area contributed by atoms with Crippen molar-refractivity contribution in [2.75, 3.05) is 0 Å². The second kappa shape index (κ2) is 6.28. The van der Waals surface area contributed by atoms with Crippen molar-refractivity contribution in [3.8, 4) is 0 Å². The van der Waals surface area contributed by atoms with Gasteiger partial charge < -0.3 is 0 Å². The van der Waals surface area contributed by atoms with Gasteiger partial charge in [-0.25, -0.2) is 13.2 Å². The lowest BCUT2D eigenvalue weighted by Gasteiger charge is -2.19. The number of aryl methyl sites for hydroxylation is 2. The summed E-state index contributed by atoms with van der Waals surface area (Å²) in [5.74, 6) is 3.86. The smallest absolute Gasteiger partial charge is 0.130 e. The molecule has 0 bridgehead atoms. The van der Waals surface area contributed by atoms with Crippen molar-refractivity contribution in [1.82, 2.24) is 5.43 Å². The predicted molar refractivity (Wildman–Crippen MR) is 76.0 cm³/mol. The molecule has 0 radical (unpaired) electrons. The second-order valence-corrected chi connectivity index (χ2v) is 5.12. The van der Waals surface area contributed by atoms with Crippen LogP contribution < -0.4 is 11.3 Å². The number of rotatable bonds is 4. The average Bonchev–Trinajstić information content (AvgIpc) is 2.44. The Kier molecular flexibility index (Phi) is 4.65. The number of nitrogens with two attached hydrogens (primary N) is 1. The first-order valence-electron chi connectivity index (χ1n) is 6.59. The van der Waals surface area contributed by atoms with Crippen LogP contribution in [-0.2, 0) is 6.42 Å². The number of hydrazine groups is 1. The number of hydrogen-bond donors (Lipinski definition) is 2. The largest absolute Gasteiger partial charge is 0.271 e. The first-order valence-corrected chi connectivity index (χ1v) is 6.59. The van der Waals surface area contributed by atoms with E-state index in [1.165, 1.54) is 18.2 Å². The van der Waals surface area contributed by atoms with E-state index in [1.54, 1.807) is 13.0 Å². The average molecular weight is 294 g/mol. The molecular formula is C16H17F3N2. The van der Waals surface area contributed by atoms with Crippen molar-refractivity contribution < 1.29 is 13.2 Å². The first kappa shape index (κ1) is 15.5. The molecule has 2 rings (SSSR count). The summed E-state index contributed by atoms with van der Waals surface area (Å²) in [6.45, 7) is 3.40. The number of nitrogens with one attached hydrogen (secondary N) is 1. The van der Waals surface area contributed by atoms with Crippen LogP contribution in [0.25, 0.3) is 0 Å². The molecule has 1 unspecified atom stereocenters. The van der Waals surface area contributed by atoms with Gasteiger partial charge in [0.25, 0.3) is 0 Å². The molecule has 0 spiro atoms. The lowest BCUT2D eigenvalue weighted by molar-refractivity contribution is 0.499. The molecule has 1 atom stereocenters. The van der Waals surface area contributed by atoms with Gasteiger partial charge in [0.15, 0.2) is 0 Å². The Morgan fingerprint density at radius 3 is 2.38 bits per heavy atom. The zero-order chi connectivity index (χ0) is 15.6. The van der Waals surface area contributed by atoms with Gasteiger partial charge in [0.2, 0.25) is 0 Å². The minimum atomic E-state index is -0.671. The molecule has 0 saturated carbocycles. The van der Waals surface area contributed by atoms with Gasteiger partial charge in [-0.05, 0) is 55.2 Å². The molecule has 2 aromatic rings. The third-order valence-corrected chi connectivity index (χ3v) is 3.59. The quantitative estimate of drug-likeness (QED) is 0.669. The van der Waals surface area contributed by atoms with Gasteiger partial charge in [0, 0.05) is 11.6 Å². The van der Waals surface area contributed by atoms with E-state index in [4.69, 9.17) is 5.84 Å². The van der Waals surface area contributed by atoms with Crippen LogP contribution >= 0.6 is 0 Å². The highest BCUT2D eigenvalue weighted by Crippen LogP contribution is 2.25. The third-order valence-electron chi connectivity index (χ3n) is 3.59. The fourth-order valence-electron chi connectivity index (χ4n) is 2.29. The Labute approximate surface area is 121 Å². The SMILES string of the molecule is Cc1cc(C(Cc2cc(F)ccc2C)NN)c(F)cc1F. The maximum atomic E-state index is 13.9. The normalized spacial score (nSPS) is 12.5. The molecular weight excluding hydrogens is 277 g/mol. The standard InChI is InChI=1S/C16H17F3N2/c1-9-3-4-12(17)6-11(9)7-16(21-20)13-5-10(2)14(18)8-15(13)19/h3-6,8,16,21H,7,20H2,1-2H3. The monoisotopic (exact) mass is 294 g/mol.